The van der Waals surface area contributed by atoms with Crippen LogP contribution < -0.4 is 5.32 Å². The van der Waals surface area contributed by atoms with E-state index in [0.29, 0.717) is 32.6 Å². The standard InChI is InChI=1S/C11H21N3O3/c1-3-12-11(16)14-8-6-13(7-9-14)5-4-10(15)17-2/h3-9H2,1-2H3,(H,12,16). The number of hydrogen-bond acceptors (Lipinski definition) is 4. The SMILES string of the molecule is CCNC(=O)N1CCN(CCC(=O)OC)CC1. The lowest BCUT2D eigenvalue weighted by molar-refractivity contribution is -0.141. The van der Waals surface area contributed by atoms with Gasteiger partial charge in [-0.1, -0.05) is 0 Å². The molecule has 1 aliphatic heterocycles. The third-order valence-electron chi connectivity index (χ3n) is 2.85. The number of hydrogen-bond donors (Lipinski definition) is 1. The molecule has 1 heterocycles. The molecule has 0 aromatic rings. The van der Waals surface area contributed by atoms with Crippen molar-refractivity contribution in [1.29, 1.82) is 0 Å². The topological polar surface area (TPSA) is 61.9 Å². The van der Waals surface area contributed by atoms with Crippen molar-refractivity contribution in [2.24, 2.45) is 0 Å². The largest absolute Gasteiger partial charge is 0.469 e. The van der Waals surface area contributed by atoms with Gasteiger partial charge in [-0.2, -0.15) is 0 Å². The highest BCUT2D eigenvalue weighted by molar-refractivity contribution is 5.74. The molecule has 0 aromatic heterocycles. The van der Waals surface area contributed by atoms with Crippen molar-refractivity contribution in [2.75, 3.05) is 46.4 Å². The van der Waals surface area contributed by atoms with Gasteiger partial charge in [-0.3, -0.25) is 9.69 Å². The molecule has 1 fully saturated rings. The number of rotatable bonds is 4. The molecular weight excluding hydrogens is 222 g/mol. The van der Waals surface area contributed by atoms with Crippen LogP contribution in [-0.2, 0) is 9.53 Å². The van der Waals surface area contributed by atoms with Crippen molar-refractivity contribution in [3.05, 3.63) is 0 Å². The number of piperazine rings is 1. The van der Waals surface area contributed by atoms with E-state index >= 15 is 0 Å². The number of urea groups is 1. The van der Waals surface area contributed by atoms with Gasteiger partial charge >= 0.3 is 12.0 Å². The molecule has 0 saturated carbocycles. The van der Waals surface area contributed by atoms with Crippen molar-refractivity contribution in [3.63, 3.8) is 0 Å². The Hall–Kier alpha value is -1.30. The van der Waals surface area contributed by atoms with Crippen LogP contribution >= 0.6 is 0 Å². The average molecular weight is 243 g/mol. The van der Waals surface area contributed by atoms with E-state index in [1.165, 1.54) is 7.11 Å². The fourth-order valence-corrected chi connectivity index (χ4v) is 1.79. The molecule has 17 heavy (non-hydrogen) atoms. The monoisotopic (exact) mass is 243 g/mol. The molecule has 0 aromatic carbocycles. The highest BCUT2D eigenvalue weighted by Gasteiger charge is 2.20. The summed E-state index contributed by atoms with van der Waals surface area (Å²) in [6.45, 7) is 6.32. The quantitative estimate of drug-likeness (QED) is 0.700. The highest BCUT2D eigenvalue weighted by atomic mass is 16.5. The Bertz CT molecular complexity index is 263. The van der Waals surface area contributed by atoms with E-state index in [4.69, 9.17) is 0 Å². The first kappa shape index (κ1) is 13.8. The number of nitrogens with zero attached hydrogens (tertiary/aromatic N) is 2. The van der Waals surface area contributed by atoms with Crippen molar-refractivity contribution >= 4 is 12.0 Å². The fraction of sp³-hybridized carbons (Fsp3) is 0.818. The minimum absolute atomic E-state index is 0.000109. The zero-order valence-corrected chi connectivity index (χ0v) is 10.6. The van der Waals surface area contributed by atoms with Crippen LogP contribution in [0, 0.1) is 0 Å². The Balaban J connectivity index is 2.21. The molecule has 6 heteroatoms. The second-order valence-electron chi connectivity index (χ2n) is 3.99. The van der Waals surface area contributed by atoms with Gasteiger partial charge in [-0.25, -0.2) is 4.79 Å². The summed E-state index contributed by atoms with van der Waals surface area (Å²) in [5.74, 6) is -0.184. The zero-order valence-electron chi connectivity index (χ0n) is 10.6. The van der Waals surface area contributed by atoms with Crippen LogP contribution in [-0.4, -0.2) is 68.2 Å². The van der Waals surface area contributed by atoms with E-state index in [9.17, 15) is 9.59 Å². The molecule has 0 aliphatic carbocycles. The summed E-state index contributed by atoms with van der Waals surface area (Å²) in [6.07, 6.45) is 0.414. The van der Waals surface area contributed by atoms with E-state index in [0.717, 1.165) is 13.1 Å². The predicted molar refractivity (Wildman–Crippen MR) is 63.7 cm³/mol. The van der Waals surface area contributed by atoms with Crippen molar-refractivity contribution < 1.29 is 14.3 Å². The van der Waals surface area contributed by atoms with Crippen molar-refractivity contribution in [2.45, 2.75) is 13.3 Å². The minimum atomic E-state index is -0.184. The van der Waals surface area contributed by atoms with Gasteiger partial charge < -0.3 is 15.0 Å². The maximum Gasteiger partial charge on any atom is 0.317 e. The normalized spacial score (nSPS) is 16.7. The van der Waals surface area contributed by atoms with Crippen molar-refractivity contribution in [1.82, 2.24) is 15.1 Å². The zero-order chi connectivity index (χ0) is 12.7. The van der Waals surface area contributed by atoms with Gasteiger partial charge in [0.1, 0.15) is 0 Å². The Kier molecular flexibility index (Phi) is 5.76. The van der Waals surface area contributed by atoms with E-state index in [1.54, 1.807) is 4.90 Å². The molecule has 6 nitrogen and oxygen atoms in total. The van der Waals surface area contributed by atoms with Crippen LogP contribution in [0.5, 0.6) is 0 Å². The molecule has 0 bridgehead atoms. The lowest BCUT2D eigenvalue weighted by Crippen LogP contribution is -2.52. The van der Waals surface area contributed by atoms with Gasteiger partial charge in [0, 0.05) is 39.3 Å². The first-order chi connectivity index (χ1) is 8.17. The maximum atomic E-state index is 11.5. The van der Waals surface area contributed by atoms with E-state index < -0.39 is 0 Å². The van der Waals surface area contributed by atoms with Crippen LogP contribution in [0.3, 0.4) is 0 Å². The summed E-state index contributed by atoms with van der Waals surface area (Å²) >= 11 is 0. The third-order valence-corrected chi connectivity index (χ3v) is 2.85. The first-order valence-electron chi connectivity index (χ1n) is 5.99. The van der Waals surface area contributed by atoms with E-state index in [1.807, 2.05) is 6.92 Å². The Labute approximate surface area is 102 Å². The molecular formula is C11H21N3O3. The number of ether oxygens (including phenoxy) is 1. The molecule has 0 radical (unpaired) electrons. The van der Waals surface area contributed by atoms with Crippen molar-refractivity contribution in [3.8, 4) is 0 Å². The van der Waals surface area contributed by atoms with E-state index in [2.05, 4.69) is 15.0 Å². The fourth-order valence-electron chi connectivity index (χ4n) is 1.79. The number of esters is 1. The lowest BCUT2D eigenvalue weighted by atomic mass is 10.3. The smallest absolute Gasteiger partial charge is 0.317 e. The van der Waals surface area contributed by atoms with Gasteiger partial charge in [0.15, 0.2) is 0 Å². The second kappa shape index (κ2) is 7.11. The number of nitrogens with one attached hydrogen (secondary N) is 1. The molecule has 1 saturated heterocycles. The van der Waals surface area contributed by atoms with E-state index in [-0.39, 0.29) is 12.0 Å². The predicted octanol–water partition coefficient (Wildman–Crippen LogP) is -0.103. The van der Waals surface area contributed by atoms with Gasteiger partial charge in [0.05, 0.1) is 13.5 Å². The molecule has 98 valence electrons. The van der Waals surface area contributed by atoms with Gasteiger partial charge in [0.2, 0.25) is 0 Å². The average Bonchev–Trinajstić information content (AvgIpc) is 2.36. The number of carbonyl (C=O) groups is 2. The summed E-state index contributed by atoms with van der Waals surface area (Å²) in [4.78, 5) is 26.5. The summed E-state index contributed by atoms with van der Waals surface area (Å²) in [5.41, 5.74) is 0. The van der Waals surface area contributed by atoms with Crippen LogP contribution in [0.1, 0.15) is 13.3 Å². The molecule has 0 unspecified atom stereocenters. The number of amides is 2. The molecule has 1 rings (SSSR count). The Morgan fingerprint density at radius 1 is 1.24 bits per heavy atom. The molecule has 2 amide bonds. The van der Waals surface area contributed by atoms with Crippen LogP contribution in [0.4, 0.5) is 4.79 Å². The van der Waals surface area contributed by atoms with Crippen LogP contribution in [0.25, 0.3) is 0 Å². The molecule has 0 atom stereocenters. The lowest BCUT2D eigenvalue weighted by Gasteiger charge is -2.34. The van der Waals surface area contributed by atoms with Crippen LogP contribution in [0.15, 0.2) is 0 Å². The number of carbonyl (C=O) groups excluding carboxylic acids is 2. The third kappa shape index (κ3) is 4.60. The summed E-state index contributed by atoms with van der Waals surface area (Å²) in [7, 11) is 1.40. The Morgan fingerprint density at radius 2 is 1.88 bits per heavy atom. The molecule has 1 N–H and O–H groups in total. The second-order valence-corrected chi connectivity index (χ2v) is 3.99. The molecule has 1 aliphatic rings. The minimum Gasteiger partial charge on any atom is -0.469 e. The van der Waals surface area contributed by atoms with Crippen LogP contribution in [0.2, 0.25) is 0 Å². The van der Waals surface area contributed by atoms with Gasteiger partial charge in [0.25, 0.3) is 0 Å². The Morgan fingerprint density at radius 3 is 2.41 bits per heavy atom. The van der Waals surface area contributed by atoms with Gasteiger partial charge in [-0.15, -0.1) is 0 Å². The number of methoxy groups -OCH3 is 1. The first-order valence-corrected chi connectivity index (χ1v) is 5.99. The summed E-state index contributed by atoms with van der Waals surface area (Å²) in [6, 6.07) is 0.000109. The highest BCUT2D eigenvalue weighted by Crippen LogP contribution is 2.03. The summed E-state index contributed by atoms with van der Waals surface area (Å²) < 4.78 is 4.59. The maximum absolute atomic E-state index is 11.5. The summed E-state index contributed by atoms with van der Waals surface area (Å²) in [5, 5.41) is 2.78. The molecule has 0 spiro atoms. The van der Waals surface area contributed by atoms with Gasteiger partial charge in [-0.05, 0) is 6.92 Å².